The molecule has 4 aliphatic rings. The summed E-state index contributed by atoms with van der Waals surface area (Å²) in [5.74, 6) is -1.56. The van der Waals surface area contributed by atoms with Crippen LogP contribution in [0.5, 0.6) is 0 Å². The second-order valence-corrected chi connectivity index (χ2v) is 30.2. The number of carbonyl (C=O) groups is 2. The number of likely N-dealkylation sites (N-methyl/N-ethyl adjacent to an activating group) is 2. The predicted octanol–water partition coefficient (Wildman–Crippen LogP) is 17.2. The number of carboxylic acids is 2. The summed E-state index contributed by atoms with van der Waals surface area (Å²) in [5.41, 5.74) is 17.1. The van der Waals surface area contributed by atoms with E-state index in [2.05, 4.69) is 213 Å². The summed E-state index contributed by atoms with van der Waals surface area (Å²) >= 11 is 0. The smallest absolute Gasteiger partial charge is 0.303 e. The number of carboxylic acid groups (broad SMARTS) is 2. The van der Waals surface area contributed by atoms with Crippen LogP contribution in [0.25, 0.3) is 21.5 Å². The van der Waals surface area contributed by atoms with Gasteiger partial charge in [0, 0.05) is 94.9 Å². The van der Waals surface area contributed by atoms with Gasteiger partial charge in [0.15, 0.2) is 11.4 Å². The van der Waals surface area contributed by atoms with E-state index in [-0.39, 0.29) is 33.5 Å². The fourth-order valence-corrected chi connectivity index (χ4v) is 15.8. The van der Waals surface area contributed by atoms with Crippen LogP contribution in [-0.2, 0) is 51.5 Å². The number of unbranched alkanes of at least 4 members (excludes halogenated alkanes) is 2. The maximum atomic E-state index is 11.9. The molecule has 6 aromatic rings. The molecular formula is C78H94N4O10S2+2. The molecule has 0 unspecified atom stereocenters. The van der Waals surface area contributed by atoms with Crippen LogP contribution in [0.3, 0.4) is 0 Å². The zero-order valence-corrected chi connectivity index (χ0v) is 58.8. The second kappa shape index (κ2) is 27.4. The summed E-state index contributed by atoms with van der Waals surface area (Å²) < 4.78 is 71.5. The lowest BCUT2D eigenvalue weighted by Crippen LogP contribution is -2.27. The van der Waals surface area contributed by atoms with Gasteiger partial charge < -0.3 is 20.0 Å². The van der Waals surface area contributed by atoms with Gasteiger partial charge in [-0.2, -0.15) is 26.0 Å². The van der Waals surface area contributed by atoms with Gasteiger partial charge in [-0.25, -0.2) is 0 Å². The number of hydrogen-bond acceptors (Lipinski definition) is 8. The van der Waals surface area contributed by atoms with E-state index in [4.69, 9.17) is 5.11 Å². The molecule has 0 bridgehead atoms. The molecule has 0 saturated heterocycles. The van der Waals surface area contributed by atoms with E-state index < -0.39 is 43.0 Å². The van der Waals surface area contributed by atoms with Crippen LogP contribution in [0.15, 0.2) is 178 Å². The van der Waals surface area contributed by atoms with Gasteiger partial charge in [-0.15, -0.1) is 0 Å². The van der Waals surface area contributed by atoms with Gasteiger partial charge >= 0.3 is 11.9 Å². The maximum Gasteiger partial charge on any atom is 0.303 e. The summed E-state index contributed by atoms with van der Waals surface area (Å²) in [6.07, 6.45) is 21.9. The SMILES string of the molecule is CCN1/C(=C/C=C(/C=C/C2=[N+](CC)c3ccc(S(=O)(=O)O)cc3C2(C)C)CCCCC(=O)O)C(C)(C)c2cc(C)ccc21.CCN1C(=CC=C(C=CC2=[N+](CC)c3ccc4cc(C)ccc4c3C2(C)C)CCCCC(=O)O)C(C)(C)c2c1ccc1cc(S(=O)(=O)O)ccc21. The van der Waals surface area contributed by atoms with E-state index >= 15 is 0 Å². The molecule has 94 heavy (non-hydrogen) atoms. The quantitative estimate of drug-likeness (QED) is 0.0218. The van der Waals surface area contributed by atoms with Crippen molar-refractivity contribution in [1.29, 1.82) is 0 Å². The Balaban J connectivity index is 0.000000225. The van der Waals surface area contributed by atoms with Crippen molar-refractivity contribution >= 4 is 87.9 Å². The van der Waals surface area contributed by atoms with Gasteiger partial charge in [-0.05, 0) is 206 Å². The fraction of sp³-hybridized carbons (Fsp3) is 0.385. The van der Waals surface area contributed by atoms with Crippen molar-refractivity contribution < 1.29 is 54.9 Å². The fourth-order valence-electron chi connectivity index (χ4n) is 14.8. The van der Waals surface area contributed by atoms with Crippen LogP contribution in [-0.4, -0.2) is 94.8 Å². The summed E-state index contributed by atoms with van der Waals surface area (Å²) in [4.78, 5) is 26.9. The number of aliphatic carboxylic acids is 2. The van der Waals surface area contributed by atoms with Gasteiger partial charge in [-0.3, -0.25) is 18.7 Å². The third-order valence-corrected chi connectivity index (χ3v) is 21.3. The van der Waals surface area contributed by atoms with Crippen LogP contribution in [0.4, 0.5) is 22.7 Å². The molecular weight excluding hydrogens is 1220 g/mol. The first-order valence-electron chi connectivity index (χ1n) is 33.0. The molecule has 6 aromatic carbocycles. The van der Waals surface area contributed by atoms with Crippen molar-refractivity contribution in [1.82, 2.24) is 0 Å². The van der Waals surface area contributed by atoms with Crippen molar-refractivity contribution in [2.45, 2.75) is 180 Å². The molecule has 16 heteroatoms. The van der Waals surface area contributed by atoms with Gasteiger partial charge in [0.25, 0.3) is 20.2 Å². The highest BCUT2D eigenvalue weighted by Crippen LogP contribution is 2.52. The topological polar surface area (TPSA) is 196 Å². The lowest BCUT2D eigenvalue weighted by Gasteiger charge is -2.26. The molecule has 0 spiro atoms. The first kappa shape index (κ1) is 70.3. The molecule has 4 N–H and O–H groups in total. The Labute approximate surface area is 556 Å². The lowest BCUT2D eigenvalue weighted by atomic mass is 9.78. The third kappa shape index (κ3) is 13.9. The van der Waals surface area contributed by atoms with Crippen LogP contribution in [0.1, 0.15) is 168 Å². The maximum absolute atomic E-state index is 11.9. The van der Waals surface area contributed by atoms with E-state index in [9.17, 15) is 40.6 Å². The molecule has 0 radical (unpaired) electrons. The summed E-state index contributed by atoms with van der Waals surface area (Å²) in [6.45, 7) is 33.6. The molecule has 0 amide bonds. The van der Waals surface area contributed by atoms with Gasteiger partial charge in [0.2, 0.25) is 11.4 Å². The van der Waals surface area contributed by atoms with Crippen molar-refractivity contribution in [2.75, 3.05) is 36.0 Å². The Bertz CT molecular complexity index is 4530. The molecule has 0 fully saturated rings. The predicted molar refractivity (Wildman–Crippen MR) is 382 cm³/mol. The Morgan fingerprint density at radius 1 is 0.479 bits per heavy atom. The van der Waals surface area contributed by atoms with Crippen LogP contribution < -0.4 is 9.80 Å². The number of aryl methyl sites for hydroxylation is 2. The summed E-state index contributed by atoms with van der Waals surface area (Å²) in [5, 5.41) is 22.7. The highest BCUT2D eigenvalue weighted by molar-refractivity contribution is 7.86. The number of fused-ring (bicyclic) bond motifs is 8. The Hall–Kier alpha value is -8.02. The van der Waals surface area contributed by atoms with E-state index in [0.29, 0.717) is 19.4 Å². The molecule has 4 heterocycles. The molecule has 14 nitrogen and oxygen atoms in total. The number of allylic oxidation sites excluding steroid dienone is 12. The van der Waals surface area contributed by atoms with Crippen LogP contribution >= 0.6 is 0 Å². The number of nitrogens with zero attached hydrogens (tertiary/aromatic N) is 4. The highest BCUT2D eigenvalue weighted by atomic mass is 32.2. The number of hydrogen-bond donors (Lipinski definition) is 4. The van der Waals surface area contributed by atoms with Crippen molar-refractivity contribution in [3.63, 3.8) is 0 Å². The van der Waals surface area contributed by atoms with Gasteiger partial charge in [0.1, 0.15) is 13.1 Å². The number of benzene rings is 6. The van der Waals surface area contributed by atoms with E-state index in [0.717, 1.165) is 101 Å². The average molecular weight is 1310 g/mol. The minimum Gasteiger partial charge on any atom is -0.481 e. The molecule has 10 rings (SSSR count). The molecule has 0 aliphatic carbocycles. The van der Waals surface area contributed by atoms with Gasteiger partial charge in [0.05, 0.1) is 20.6 Å². The van der Waals surface area contributed by atoms with E-state index in [1.165, 1.54) is 74.0 Å². The first-order chi connectivity index (χ1) is 44.2. The van der Waals surface area contributed by atoms with E-state index in [1.807, 2.05) is 12.1 Å². The zero-order chi connectivity index (χ0) is 68.6. The molecule has 0 saturated carbocycles. The number of rotatable bonds is 22. The Morgan fingerprint density at radius 2 is 0.926 bits per heavy atom. The minimum absolute atomic E-state index is 0.109. The first-order valence-corrected chi connectivity index (χ1v) is 35.9. The van der Waals surface area contributed by atoms with Crippen LogP contribution in [0, 0.1) is 13.8 Å². The monoisotopic (exact) mass is 1310 g/mol. The Morgan fingerprint density at radius 3 is 1.49 bits per heavy atom. The molecule has 0 aromatic heterocycles. The van der Waals surface area contributed by atoms with Gasteiger partial charge in [-0.1, -0.05) is 106 Å². The second-order valence-electron chi connectivity index (χ2n) is 27.4. The minimum atomic E-state index is -4.32. The van der Waals surface area contributed by atoms with Crippen LogP contribution in [0.2, 0.25) is 0 Å². The standard InChI is InChI=1S/C43H48N2O5S.C35H44N2O5S/c1-8-44-35-22-17-30-26-28(3)14-20-33(30)40(35)42(4,5)37(44)24-15-29(12-10-11-13-39(46)47)16-25-38-43(6,7)41-34-21-19-32(51(48,49)50)27-31(34)18-23-36(41)45(38)9-2;1-8-36-29-18-14-24(3)22-27(29)34(4,5)31(36)20-15-25(12-10-11-13-33(38)39)16-21-32-35(6,7)28-23-26(43(40,41)42)17-19-30(28)37(32)9-2/h14-27H,8-13H2,1-7H3,(H-,46,47,48,49,50);14-23H,8-13H2,1-7H3,(H-,38,39,40,41,42)/p+2. The highest BCUT2D eigenvalue weighted by Gasteiger charge is 2.47. The molecule has 4 aliphatic heterocycles. The molecule has 0 atom stereocenters. The van der Waals surface area contributed by atoms with E-state index in [1.54, 1.807) is 18.2 Å². The summed E-state index contributed by atoms with van der Waals surface area (Å²) in [6, 6.07) is 31.3. The normalized spacial score (nSPS) is 18.1. The summed E-state index contributed by atoms with van der Waals surface area (Å²) in [7, 11) is -8.64. The zero-order valence-electron chi connectivity index (χ0n) is 57.2. The Kier molecular flexibility index (Phi) is 20.5. The third-order valence-electron chi connectivity index (χ3n) is 19.6. The average Bonchev–Trinajstić information content (AvgIpc) is 1.58. The van der Waals surface area contributed by atoms with Crippen molar-refractivity contribution in [3.8, 4) is 0 Å². The largest absolute Gasteiger partial charge is 0.481 e. The van der Waals surface area contributed by atoms with Crippen molar-refractivity contribution in [2.24, 2.45) is 0 Å². The lowest BCUT2D eigenvalue weighted by molar-refractivity contribution is -0.433. The van der Waals surface area contributed by atoms with Crippen molar-refractivity contribution in [3.05, 3.63) is 202 Å². The molecule has 496 valence electrons. The number of anilines is 2.